The smallest absolute Gasteiger partial charge is 0.339 e. The van der Waals surface area contributed by atoms with Crippen molar-refractivity contribution in [3.8, 4) is 0 Å². The fourth-order valence-electron chi connectivity index (χ4n) is 4.43. The van der Waals surface area contributed by atoms with Gasteiger partial charge in [-0.2, -0.15) is 0 Å². The molecule has 1 unspecified atom stereocenters. The van der Waals surface area contributed by atoms with Gasteiger partial charge in [-0.3, -0.25) is 4.79 Å². The monoisotopic (exact) mass is 367 g/mol. The second-order valence-electron chi connectivity index (χ2n) is 7.50. The molecule has 1 amide bonds. The second-order valence-corrected chi connectivity index (χ2v) is 7.93. The molecule has 0 radical (unpaired) electrons. The Balaban J connectivity index is 1.43. The predicted molar refractivity (Wildman–Crippen MR) is 97.1 cm³/mol. The van der Waals surface area contributed by atoms with Crippen molar-refractivity contribution >= 4 is 23.5 Å². The van der Waals surface area contributed by atoms with E-state index in [9.17, 15) is 9.59 Å². The fourth-order valence-corrected chi connectivity index (χ4v) is 4.55. The van der Waals surface area contributed by atoms with Crippen LogP contribution in [0, 0.1) is 0 Å². The summed E-state index contributed by atoms with van der Waals surface area (Å²) < 4.78 is 5.76. The van der Waals surface area contributed by atoms with E-state index in [4.69, 9.17) is 16.3 Å². The van der Waals surface area contributed by atoms with Gasteiger partial charge in [0.05, 0.1) is 17.5 Å². The lowest BCUT2D eigenvalue weighted by Crippen LogP contribution is -2.40. The van der Waals surface area contributed by atoms with Crippen LogP contribution in [0.4, 0.5) is 0 Å². The van der Waals surface area contributed by atoms with Crippen LogP contribution in [-0.2, 0) is 20.5 Å². The minimum absolute atomic E-state index is 0.136. The number of carbonyl (C=O) groups excluding carboxylic acids is 2. The van der Waals surface area contributed by atoms with Crippen LogP contribution in [0.25, 0.3) is 0 Å². The number of benzene rings is 2. The van der Waals surface area contributed by atoms with Crippen LogP contribution >= 0.6 is 11.6 Å². The molecule has 5 rings (SSSR count). The van der Waals surface area contributed by atoms with Gasteiger partial charge in [0, 0.05) is 23.6 Å². The minimum atomic E-state index is -0.681. The molecule has 2 aliphatic heterocycles. The number of amides is 1. The number of halogens is 1. The van der Waals surface area contributed by atoms with Gasteiger partial charge >= 0.3 is 5.97 Å². The molecule has 0 N–H and O–H groups in total. The van der Waals surface area contributed by atoms with Gasteiger partial charge in [0.25, 0.3) is 0 Å². The van der Waals surface area contributed by atoms with E-state index in [2.05, 4.69) is 0 Å². The van der Waals surface area contributed by atoms with E-state index >= 15 is 0 Å². The van der Waals surface area contributed by atoms with Crippen molar-refractivity contribution in [2.45, 2.75) is 30.3 Å². The van der Waals surface area contributed by atoms with E-state index in [-0.39, 0.29) is 11.9 Å². The third-order valence-electron chi connectivity index (χ3n) is 6.00. The fraction of sp³-hybridized carbons (Fsp3) is 0.333. The number of likely N-dealkylation sites (tertiary alicyclic amines) is 1. The molecule has 2 fully saturated rings. The average Bonchev–Trinajstić information content (AvgIpc) is 3.28. The molecule has 1 saturated heterocycles. The quantitative estimate of drug-likeness (QED) is 0.761. The van der Waals surface area contributed by atoms with E-state index in [1.807, 2.05) is 47.4 Å². The van der Waals surface area contributed by atoms with Crippen molar-refractivity contribution < 1.29 is 14.3 Å². The molecular weight excluding hydrogens is 350 g/mol. The van der Waals surface area contributed by atoms with Crippen molar-refractivity contribution in [1.29, 1.82) is 0 Å². The van der Waals surface area contributed by atoms with E-state index in [1.165, 1.54) is 0 Å². The summed E-state index contributed by atoms with van der Waals surface area (Å²) in [7, 11) is 0. The molecular formula is C21H18ClNO3. The molecule has 26 heavy (non-hydrogen) atoms. The van der Waals surface area contributed by atoms with Gasteiger partial charge in [-0.25, -0.2) is 4.79 Å². The molecule has 1 aliphatic carbocycles. The summed E-state index contributed by atoms with van der Waals surface area (Å²) in [5.74, 6) is -0.147. The summed E-state index contributed by atoms with van der Waals surface area (Å²) in [5.41, 5.74) is 1.45. The number of carbonyl (C=O) groups is 2. The van der Waals surface area contributed by atoms with Gasteiger partial charge in [0.15, 0.2) is 5.60 Å². The van der Waals surface area contributed by atoms with Crippen molar-refractivity contribution in [3.05, 3.63) is 70.2 Å². The minimum Gasteiger partial charge on any atom is -0.449 e. The Bertz CT molecular complexity index is 919. The van der Waals surface area contributed by atoms with Gasteiger partial charge in [0.1, 0.15) is 0 Å². The third kappa shape index (κ3) is 2.15. The number of hydrogen-bond donors (Lipinski definition) is 0. The molecule has 3 aliphatic rings. The van der Waals surface area contributed by atoms with Crippen LogP contribution < -0.4 is 0 Å². The zero-order valence-electron chi connectivity index (χ0n) is 14.2. The maximum Gasteiger partial charge on any atom is 0.339 e. The summed E-state index contributed by atoms with van der Waals surface area (Å²) in [5, 5.41) is 0.673. The molecule has 0 bridgehead atoms. The highest BCUT2D eigenvalue weighted by Crippen LogP contribution is 2.52. The topological polar surface area (TPSA) is 46.6 Å². The van der Waals surface area contributed by atoms with E-state index < -0.39 is 11.0 Å². The Morgan fingerprint density at radius 3 is 2.50 bits per heavy atom. The van der Waals surface area contributed by atoms with Crippen LogP contribution in [0.5, 0.6) is 0 Å². The molecule has 1 atom stereocenters. The van der Waals surface area contributed by atoms with E-state index in [0.29, 0.717) is 30.1 Å². The van der Waals surface area contributed by atoms with Crippen LogP contribution in [0.15, 0.2) is 48.5 Å². The Hall–Kier alpha value is -2.33. The predicted octanol–water partition coefficient (Wildman–Crippen LogP) is 3.67. The zero-order valence-corrected chi connectivity index (χ0v) is 15.0. The largest absolute Gasteiger partial charge is 0.449 e. The second kappa shape index (κ2) is 5.34. The van der Waals surface area contributed by atoms with Crippen molar-refractivity contribution in [2.75, 3.05) is 13.1 Å². The molecule has 2 aromatic carbocycles. The summed E-state index contributed by atoms with van der Waals surface area (Å²) in [6.07, 6.45) is 2.36. The van der Waals surface area contributed by atoms with Crippen LogP contribution in [-0.4, -0.2) is 29.9 Å². The number of nitrogens with zero attached hydrogens (tertiary/aromatic N) is 1. The number of ether oxygens (including phenoxy) is 1. The zero-order chi connectivity index (χ0) is 17.9. The van der Waals surface area contributed by atoms with Crippen LogP contribution in [0.1, 0.15) is 40.7 Å². The lowest BCUT2D eigenvalue weighted by molar-refractivity contribution is -0.134. The van der Waals surface area contributed by atoms with Gasteiger partial charge < -0.3 is 9.64 Å². The average molecular weight is 368 g/mol. The Kier molecular flexibility index (Phi) is 3.26. The maximum absolute atomic E-state index is 13.3. The number of esters is 1. The molecule has 2 aromatic rings. The summed E-state index contributed by atoms with van der Waals surface area (Å²) in [4.78, 5) is 27.4. The summed E-state index contributed by atoms with van der Waals surface area (Å²) >= 11 is 5.99. The van der Waals surface area contributed by atoms with Crippen LogP contribution in [0.3, 0.4) is 0 Å². The number of rotatable bonds is 2. The summed E-state index contributed by atoms with van der Waals surface area (Å²) in [6, 6.07) is 15.1. The highest BCUT2D eigenvalue weighted by atomic mass is 35.5. The number of hydrogen-bond acceptors (Lipinski definition) is 3. The first-order valence-electron chi connectivity index (χ1n) is 8.92. The standard InChI is InChI=1S/C21H18ClNO3/c22-15-7-5-14(6-8-15)20(9-10-20)19(25)23-12-11-21(13-23)17-4-2-1-3-16(17)18(24)26-21/h1-8H,9-13H2. The van der Waals surface area contributed by atoms with Gasteiger partial charge in [-0.15, -0.1) is 0 Å². The molecule has 1 spiro atoms. The van der Waals surface area contributed by atoms with Gasteiger partial charge in [0.2, 0.25) is 5.91 Å². The van der Waals surface area contributed by atoms with E-state index in [0.717, 1.165) is 24.0 Å². The normalized spacial score (nSPS) is 25.3. The van der Waals surface area contributed by atoms with Gasteiger partial charge in [-0.05, 0) is 36.6 Å². The first-order valence-corrected chi connectivity index (χ1v) is 9.30. The highest BCUT2D eigenvalue weighted by Gasteiger charge is 2.57. The first kappa shape index (κ1) is 15.9. The summed E-state index contributed by atoms with van der Waals surface area (Å²) in [6.45, 7) is 1.04. The molecule has 5 heteroatoms. The Labute approximate surface area is 156 Å². The highest BCUT2D eigenvalue weighted by molar-refractivity contribution is 6.30. The Morgan fingerprint density at radius 2 is 1.77 bits per heavy atom. The maximum atomic E-state index is 13.3. The lowest BCUT2D eigenvalue weighted by atomic mass is 9.91. The molecule has 1 saturated carbocycles. The SMILES string of the molecule is O=C1OC2(CCN(C(=O)C3(c4ccc(Cl)cc4)CC3)C2)c2ccccc21. The molecule has 2 heterocycles. The van der Waals surface area contributed by atoms with E-state index in [1.54, 1.807) is 6.07 Å². The molecule has 4 nitrogen and oxygen atoms in total. The lowest BCUT2D eigenvalue weighted by Gasteiger charge is -2.27. The van der Waals surface area contributed by atoms with Crippen molar-refractivity contribution in [1.82, 2.24) is 4.90 Å². The van der Waals surface area contributed by atoms with Gasteiger partial charge in [-0.1, -0.05) is 41.9 Å². The molecule has 132 valence electrons. The molecule has 0 aromatic heterocycles. The number of fused-ring (bicyclic) bond motifs is 2. The van der Waals surface area contributed by atoms with Crippen LogP contribution in [0.2, 0.25) is 5.02 Å². The Morgan fingerprint density at radius 1 is 1.04 bits per heavy atom. The van der Waals surface area contributed by atoms with Crippen molar-refractivity contribution in [3.63, 3.8) is 0 Å². The third-order valence-corrected chi connectivity index (χ3v) is 6.25. The first-order chi connectivity index (χ1) is 12.5. The van der Waals surface area contributed by atoms with Crippen molar-refractivity contribution in [2.24, 2.45) is 0 Å².